The summed E-state index contributed by atoms with van der Waals surface area (Å²) in [6, 6.07) is 5.34. The first kappa shape index (κ1) is 17.3. The van der Waals surface area contributed by atoms with Gasteiger partial charge in [0.25, 0.3) is 0 Å². The second-order valence-corrected chi connectivity index (χ2v) is 7.43. The van der Waals surface area contributed by atoms with E-state index in [1.54, 1.807) is 12.1 Å². The minimum Gasteiger partial charge on any atom is -0.481 e. The second kappa shape index (κ2) is 6.39. The number of nitrogens with zero attached hydrogens (tertiary/aromatic N) is 1. The van der Waals surface area contributed by atoms with Gasteiger partial charge < -0.3 is 9.84 Å². The van der Waals surface area contributed by atoms with Crippen molar-refractivity contribution < 1.29 is 14.6 Å². The van der Waals surface area contributed by atoms with Crippen LogP contribution in [0.1, 0.15) is 31.2 Å². The SMILES string of the molecule is C=C(C)CN1CCC2(N)Oc3ccc(Cl)cc3C(CC(=O)O)C2C1. The quantitative estimate of drug-likeness (QED) is 0.817. The van der Waals surface area contributed by atoms with Crippen molar-refractivity contribution in [1.82, 2.24) is 4.90 Å². The van der Waals surface area contributed by atoms with E-state index < -0.39 is 11.7 Å². The molecule has 130 valence electrons. The van der Waals surface area contributed by atoms with Crippen molar-refractivity contribution in [2.45, 2.75) is 31.4 Å². The van der Waals surface area contributed by atoms with Gasteiger partial charge in [0, 0.05) is 42.9 Å². The summed E-state index contributed by atoms with van der Waals surface area (Å²) in [6.45, 7) is 8.24. The molecule has 1 aromatic rings. The number of carbonyl (C=O) groups is 1. The summed E-state index contributed by atoms with van der Waals surface area (Å²) in [6.07, 6.45) is 0.671. The maximum absolute atomic E-state index is 11.5. The van der Waals surface area contributed by atoms with E-state index in [4.69, 9.17) is 22.1 Å². The lowest BCUT2D eigenvalue weighted by Crippen LogP contribution is -2.64. The van der Waals surface area contributed by atoms with Crippen LogP contribution < -0.4 is 10.5 Å². The van der Waals surface area contributed by atoms with E-state index in [-0.39, 0.29) is 18.3 Å². The largest absolute Gasteiger partial charge is 0.481 e. The highest BCUT2D eigenvalue weighted by molar-refractivity contribution is 6.30. The standard InChI is InChI=1S/C18H23ClN2O3/c1-11(2)9-21-6-5-18(20)15(10-21)13(8-17(22)23)14-7-12(19)3-4-16(14)24-18/h3-4,7,13,15H,1,5-6,8-10,20H2,2H3,(H,22,23). The molecule has 0 bridgehead atoms. The molecule has 3 N–H and O–H groups in total. The van der Waals surface area contributed by atoms with Gasteiger partial charge in [-0.1, -0.05) is 23.8 Å². The van der Waals surface area contributed by atoms with Gasteiger partial charge in [-0.2, -0.15) is 0 Å². The summed E-state index contributed by atoms with van der Waals surface area (Å²) < 4.78 is 6.12. The van der Waals surface area contributed by atoms with Gasteiger partial charge >= 0.3 is 5.97 Å². The smallest absolute Gasteiger partial charge is 0.303 e. The average Bonchev–Trinajstić information content (AvgIpc) is 2.48. The molecule has 3 atom stereocenters. The van der Waals surface area contributed by atoms with Gasteiger partial charge in [0.05, 0.1) is 6.42 Å². The van der Waals surface area contributed by atoms with Crippen LogP contribution in [-0.2, 0) is 4.79 Å². The number of benzene rings is 1. The molecule has 6 heteroatoms. The molecule has 0 aromatic heterocycles. The molecule has 3 unspecified atom stereocenters. The van der Waals surface area contributed by atoms with E-state index in [0.29, 0.717) is 23.7 Å². The van der Waals surface area contributed by atoms with Crippen molar-refractivity contribution in [2.24, 2.45) is 11.7 Å². The third kappa shape index (κ3) is 3.29. The predicted octanol–water partition coefficient (Wildman–Crippen LogP) is 2.84. The highest BCUT2D eigenvalue weighted by Gasteiger charge is 2.50. The Labute approximate surface area is 147 Å². The first-order valence-electron chi connectivity index (χ1n) is 8.14. The van der Waals surface area contributed by atoms with Crippen molar-refractivity contribution in [3.05, 3.63) is 40.9 Å². The van der Waals surface area contributed by atoms with Crippen molar-refractivity contribution in [3.8, 4) is 5.75 Å². The van der Waals surface area contributed by atoms with Crippen molar-refractivity contribution in [3.63, 3.8) is 0 Å². The Morgan fingerprint density at radius 3 is 3.00 bits per heavy atom. The molecule has 5 nitrogen and oxygen atoms in total. The minimum atomic E-state index is -0.841. The first-order chi connectivity index (χ1) is 11.3. The van der Waals surface area contributed by atoms with E-state index in [1.165, 1.54) is 0 Å². The Hall–Kier alpha value is -1.56. The highest BCUT2D eigenvalue weighted by Crippen LogP contribution is 2.48. The zero-order valence-corrected chi connectivity index (χ0v) is 14.6. The van der Waals surface area contributed by atoms with Crippen LogP contribution in [0.5, 0.6) is 5.75 Å². The minimum absolute atomic E-state index is 0.0151. The number of aliphatic carboxylic acids is 1. The number of rotatable bonds is 4. The second-order valence-electron chi connectivity index (χ2n) is 6.99. The zero-order valence-electron chi connectivity index (χ0n) is 13.8. The average molecular weight is 351 g/mol. The third-order valence-corrected chi connectivity index (χ3v) is 5.18. The molecular formula is C18H23ClN2O3. The van der Waals surface area contributed by atoms with Gasteiger partial charge in [0.15, 0.2) is 5.72 Å². The fraction of sp³-hybridized carbons (Fsp3) is 0.500. The molecule has 1 aromatic carbocycles. The lowest BCUT2D eigenvalue weighted by molar-refractivity contribution is -0.139. The molecule has 2 aliphatic rings. The Bertz CT molecular complexity index is 678. The summed E-state index contributed by atoms with van der Waals surface area (Å²) in [4.78, 5) is 13.7. The van der Waals surface area contributed by atoms with Crippen LogP contribution in [0.2, 0.25) is 5.02 Å². The molecule has 0 saturated carbocycles. The molecule has 3 rings (SSSR count). The number of ether oxygens (including phenoxy) is 1. The van der Waals surface area contributed by atoms with Crippen LogP contribution in [0.25, 0.3) is 0 Å². The van der Waals surface area contributed by atoms with Gasteiger partial charge in [0.2, 0.25) is 0 Å². The van der Waals surface area contributed by atoms with E-state index in [1.807, 2.05) is 13.0 Å². The van der Waals surface area contributed by atoms with Crippen molar-refractivity contribution >= 4 is 17.6 Å². The summed E-state index contributed by atoms with van der Waals surface area (Å²) in [5.41, 5.74) is 7.66. The Morgan fingerprint density at radius 1 is 1.58 bits per heavy atom. The maximum atomic E-state index is 11.5. The van der Waals surface area contributed by atoms with E-state index in [2.05, 4.69) is 11.5 Å². The highest BCUT2D eigenvalue weighted by atomic mass is 35.5. The molecule has 0 radical (unpaired) electrons. The number of likely N-dealkylation sites (tertiary alicyclic amines) is 1. The molecule has 2 heterocycles. The fourth-order valence-electron chi connectivity index (χ4n) is 3.93. The molecular weight excluding hydrogens is 328 g/mol. The first-order valence-corrected chi connectivity index (χ1v) is 8.52. The monoisotopic (exact) mass is 350 g/mol. The number of nitrogens with two attached hydrogens (primary N) is 1. The summed E-state index contributed by atoms with van der Waals surface area (Å²) in [5, 5.41) is 9.98. The van der Waals surface area contributed by atoms with Crippen molar-refractivity contribution in [2.75, 3.05) is 19.6 Å². The van der Waals surface area contributed by atoms with Crippen LogP contribution >= 0.6 is 11.6 Å². The summed E-state index contributed by atoms with van der Waals surface area (Å²) in [5.74, 6) is -0.513. The molecule has 0 aliphatic carbocycles. The van der Waals surface area contributed by atoms with Gasteiger partial charge in [-0.15, -0.1) is 0 Å². The van der Waals surface area contributed by atoms with Crippen LogP contribution in [-0.4, -0.2) is 41.3 Å². The number of hydrogen-bond donors (Lipinski definition) is 2. The van der Waals surface area contributed by atoms with E-state index in [0.717, 1.165) is 24.2 Å². The Balaban J connectivity index is 1.98. The van der Waals surface area contributed by atoms with Crippen LogP contribution in [0, 0.1) is 5.92 Å². The van der Waals surface area contributed by atoms with Crippen molar-refractivity contribution in [1.29, 1.82) is 0 Å². The van der Waals surface area contributed by atoms with E-state index >= 15 is 0 Å². The molecule has 0 amide bonds. The summed E-state index contributed by atoms with van der Waals surface area (Å²) >= 11 is 6.13. The number of carboxylic acid groups (broad SMARTS) is 1. The van der Waals surface area contributed by atoms with Crippen LogP contribution in [0.3, 0.4) is 0 Å². The number of carboxylic acids is 1. The molecule has 1 saturated heterocycles. The number of fused-ring (bicyclic) bond motifs is 2. The molecule has 1 fully saturated rings. The Morgan fingerprint density at radius 2 is 2.33 bits per heavy atom. The van der Waals surface area contributed by atoms with E-state index in [9.17, 15) is 9.90 Å². The van der Waals surface area contributed by atoms with Gasteiger partial charge in [-0.25, -0.2) is 0 Å². The number of halogens is 1. The third-order valence-electron chi connectivity index (χ3n) is 4.95. The summed E-state index contributed by atoms with van der Waals surface area (Å²) in [7, 11) is 0. The fourth-order valence-corrected chi connectivity index (χ4v) is 4.11. The predicted molar refractivity (Wildman–Crippen MR) is 93.4 cm³/mol. The van der Waals surface area contributed by atoms with Crippen LogP contribution in [0.4, 0.5) is 0 Å². The molecule has 0 spiro atoms. The van der Waals surface area contributed by atoms with Crippen LogP contribution in [0.15, 0.2) is 30.4 Å². The lowest BCUT2D eigenvalue weighted by Gasteiger charge is -2.51. The lowest BCUT2D eigenvalue weighted by atomic mass is 9.72. The number of hydrogen-bond acceptors (Lipinski definition) is 4. The van der Waals surface area contributed by atoms with Gasteiger partial charge in [-0.05, 0) is 30.7 Å². The van der Waals surface area contributed by atoms with Gasteiger partial charge in [-0.3, -0.25) is 15.4 Å². The Kier molecular flexibility index (Phi) is 4.60. The topological polar surface area (TPSA) is 75.8 Å². The number of piperidine rings is 1. The normalized spacial score (nSPS) is 29.3. The molecule has 24 heavy (non-hydrogen) atoms. The zero-order chi connectivity index (χ0) is 17.5. The molecule has 2 aliphatic heterocycles. The maximum Gasteiger partial charge on any atom is 0.303 e. The van der Waals surface area contributed by atoms with Gasteiger partial charge in [0.1, 0.15) is 5.75 Å².